The Morgan fingerprint density at radius 2 is 2.29 bits per heavy atom. The summed E-state index contributed by atoms with van der Waals surface area (Å²) in [7, 11) is 0. The molecule has 1 rings (SSSR count). The summed E-state index contributed by atoms with van der Waals surface area (Å²) in [6.07, 6.45) is 4.01. The molecule has 42 valence electrons. The maximum atomic E-state index is 7.75. The second-order valence-electron chi connectivity index (χ2n) is 2.15. The molecule has 0 heteroatoms. The predicted molar refractivity (Wildman–Crippen MR) is 32.2 cm³/mol. The zero-order valence-electron chi connectivity index (χ0n) is 6.91. The van der Waals surface area contributed by atoms with E-state index in [0.717, 1.165) is 25.7 Å². The van der Waals surface area contributed by atoms with Crippen LogP contribution in [0.1, 0.15) is 41.7 Å². The fourth-order valence-electron chi connectivity index (χ4n) is 1.12. The van der Waals surface area contributed by atoms with Crippen molar-refractivity contribution < 1.29 is 2.74 Å². The van der Waals surface area contributed by atoms with Gasteiger partial charge in [0.05, 0.1) is 0 Å². The molecular weight excluding hydrogens is 84.1 g/mol. The standard InChI is InChI=1S/C7H14/c1-2-7-5-3-4-6-7/h7H,2-6H2,1H3/i2D,7D. The molecule has 0 aromatic carbocycles. The molecule has 0 bridgehead atoms. The predicted octanol–water partition coefficient (Wildman–Crippen LogP) is 2.59. The first-order valence-corrected chi connectivity index (χ1v) is 3.07. The summed E-state index contributed by atoms with van der Waals surface area (Å²) in [4.78, 5) is 0. The van der Waals surface area contributed by atoms with Crippen LogP contribution in [0.2, 0.25) is 0 Å². The molecule has 0 aliphatic heterocycles. The summed E-state index contributed by atoms with van der Waals surface area (Å²) >= 11 is 0. The molecule has 0 N–H and O–H groups in total. The van der Waals surface area contributed by atoms with Crippen LogP contribution in [0.4, 0.5) is 0 Å². The second kappa shape index (κ2) is 2.34. The van der Waals surface area contributed by atoms with Gasteiger partial charge in [0.15, 0.2) is 0 Å². The Morgan fingerprint density at radius 3 is 2.57 bits per heavy atom. The van der Waals surface area contributed by atoms with Crippen LogP contribution in [0.3, 0.4) is 0 Å². The highest BCUT2D eigenvalue weighted by molar-refractivity contribution is 4.64. The van der Waals surface area contributed by atoms with Gasteiger partial charge in [-0.1, -0.05) is 39.0 Å². The largest absolute Gasteiger partial charge is 0.0651 e. The maximum Gasteiger partial charge on any atom is 0.0303 e. The van der Waals surface area contributed by atoms with Crippen LogP contribution in [-0.4, -0.2) is 0 Å². The van der Waals surface area contributed by atoms with Crippen LogP contribution in [0, 0.1) is 5.89 Å². The average molecular weight is 100 g/mol. The van der Waals surface area contributed by atoms with Crippen molar-refractivity contribution in [3.63, 3.8) is 0 Å². The molecule has 0 nitrogen and oxygen atoms in total. The monoisotopic (exact) mass is 100 g/mol. The first-order chi connectivity index (χ1) is 4.15. The molecule has 1 saturated carbocycles. The Kier molecular flexibility index (Phi) is 1.04. The average Bonchev–Trinajstić information content (AvgIpc) is 2.16. The van der Waals surface area contributed by atoms with E-state index in [1.54, 1.807) is 0 Å². The van der Waals surface area contributed by atoms with E-state index in [4.69, 9.17) is 2.74 Å². The molecule has 1 aliphatic rings. The number of hydrogen-bond donors (Lipinski definition) is 0. The molecule has 1 unspecified atom stereocenters. The summed E-state index contributed by atoms with van der Waals surface area (Å²) in [5.74, 6) is -0.389. The molecule has 7 heavy (non-hydrogen) atoms. The Balaban J connectivity index is 2.51. The molecule has 1 atom stereocenters. The van der Waals surface area contributed by atoms with E-state index in [1.165, 1.54) is 0 Å². The van der Waals surface area contributed by atoms with Crippen LogP contribution >= 0.6 is 0 Å². The van der Waals surface area contributed by atoms with Crippen molar-refractivity contribution in [2.75, 3.05) is 0 Å². The zero-order valence-corrected chi connectivity index (χ0v) is 4.91. The number of hydrogen-bond acceptors (Lipinski definition) is 0. The van der Waals surface area contributed by atoms with E-state index in [-0.39, 0.29) is 12.3 Å². The summed E-state index contributed by atoms with van der Waals surface area (Å²) < 4.78 is 15.1. The van der Waals surface area contributed by atoms with Gasteiger partial charge in [-0.15, -0.1) is 0 Å². The lowest BCUT2D eigenvalue weighted by molar-refractivity contribution is 0.531. The SMILES string of the molecule is [2H]C(C)C1([2H])CCCC1. The van der Waals surface area contributed by atoms with Crippen molar-refractivity contribution in [3.05, 3.63) is 0 Å². The fourth-order valence-corrected chi connectivity index (χ4v) is 1.12. The Bertz CT molecular complexity index is 93.1. The van der Waals surface area contributed by atoms with Crippen LogP contribution in [0.25, 0.3) is 0 Å². The lowest BCUT2D eigenvalue weighted by Crippen LogP contribution is -1.86. The van der Waals surface area contributed by atoms with E-state index >= 15 is 0 Å². The first-order valence-electron chi connectivity index (χ1n) is 4.15. The molecule has 1 aliphatic carbocycles. The van der Waals surface area contributed by atoms with E-state index < -0.39 is 0 Å². The van der Waals surface area contributed by atoms with Crippen molar-refractivity contribution >= 4 is 0 Å². The van der Waals surface area contributed by atoms with Crippen molar-refractivity contribution in [1.82, 2.24) is 0 Å². The summed E-state index contributed by atoms with van der Waals surface area (Å²) in [5.41, 5.74) is 0. The van der Waals surface area contributed by atoms with Crippen LogP contribution in [0.15, 0.2) is 0 Å². The van der Waals surface area contributed by atoms with Gasteiger partial charge < -0.3 is 0 Å². The van der Waals surface area contributed by atoms with E-state index in [0.29, 0.717) is 0 Å². The highest BCUT2D eigenvalue weighted by Gasteiger charge is 2.11. The highest BCUT2D eigenvalue weighted by atomic mass is 14.2. The lowest BCUT2D eigenvalue weighted by Gasteiger charge is -1.99. The zero-order chi connectivity index (χ0) is 6.91. The van der Waals surface area contributed by atoms with Gasteiger partial charge in [-0.25, -0.2) is 0 Å². The third kappa shape index (κ3) is 1.19. The molecule has 0 radical (unpaired) electrons. The summed E-state index contributed by atoms with van der Waals surface area (Å²) in [6, 6.07) is 0. The van der Waals surface area contributed by atoms with Crippen molar-refractivity contribution in [2.24, 2.45) is 5.89 Å². The Labute approximate surface area is 48.7 Å². The summed E-state index contributed by atoms with van der Waals surface area (Å²) in [6.45, 7) is 1.83. The molecule has 0 heterocycles. The topological polar surface area (TPSA) is 0 Å². The van der Waals surface area contributed by atoms with Crippen LogP contribution in [0.5, 0.6) is 0 Å². The van der Waals surface area contributed by atoms with Gasteiger partial charge in [0, 0.05) is 2.74 Å². The third-order valence-corrected chi connectivity index (χ3v) is 1.65. The Hall–Kier alpha value is 0. The molecule has 0 amide bonds. The minimum atomic E-state index is -0.389. The Morgan fingerprint density at radius 1 is 1.71 bits per heavy atom. The van der Waals surface area contributed by atoms with Crippen molar-refractivity contribution in [3.8, 4) is 0 Å². The van der Waals surface area contributed by atoms with Crippen LogP contribution < -0.4 is 0 Å². The molecule has 0 aromatic heterocycles. The fraction of sp³-hybridized carbons (Fsp3) is 1.00. The molecular formula is C7H14. The maximum absolute atomic E-state index is 7.75. The van der Waals surface area contributed by atoms with Gasteiger partial charge in [0.1, 0.15) is 0 Å². The minimum Gasteiger partial charge on any atom is -0.0651 e. The quantitative estimate of drug-likeness (QED) is 0.475. The number of rotatable bonds is 1. The smallest absolute Gasteiger partial charge is 0.0303 e. The van der Waals surface area contributed by atoms with Gasteiger partial charge in [0.25, 0.3) is 0 Å². The van der Waals surface area contributed by atoms with Gasteiger partial charge in [-0.05, 0) is 5.89 Å². The lowest BCUT2D eigenvalue weighted by atomic mass is 10.1. The van der Waals surface area contributed by atoms with Gasteiger partial charge in [-0.3, -0.25) is 0 Å². The molecule has 0 spiro atoms. The highest BCUT2D eigenvalue weighted by Crippen LogP contribution is 2.26. The van der Waals surface area contributed by atoms with Crippen molar-refractivity contribution in [2.45, 2.75) is 39.0 Å². The van der Waals surface area contributed by atoms with E-state index in [2.05, 4.69) is 0 Å². The normalized spacial score (nSPS) is 36.7. The van der Waals surface area contributed by atoms with Gasteiger partial charge >= 0.3 is 0 Å². The second-order valence-corrected chi connectivity index (χ2v) is 2.15. The molecule has 0 saturated heterocycles. The molecule has 1 fully saturated rings. The van der Waals surface area contributed by atoms with E-state index in [1.807, 2.05) is 6.92 Å². The van der Waals surface area contributed by atoms with Gasteiger partial charge in [0.2, 0.25) is 0 Å². The van der Waals surface area contributed by atoms with Crippen LogP contribution in [-0.2, 0) is 0 Å². The third-order valence-electron chi connectivity index (χ3n) is 1.65. The molecule has 0 aromatic rings. The minimum absolute atomic E-state index is 0.194. The summed E-state index contributed by atoms with van der Waals surface area (Å²) in [5, 5.41) is 0. The first kappa shape index (κ1) is 3.11. The van der Waals surface area contributed by atoms with E-state index in [9.17, 15) is 0 Å². The van der Waals surface area contributed by atoms with Gasteiger partial charge in [-0.2, -0.15) is 0 Å². The van der Waals surface area contributed by atoms with Crippen molar-refractivity contribution in [1.29, 1.82) is 0 Å².